The van der Waals surface area contributed by atoms with Gasteiger partial charge in [0, 0.05) is 28.6 Å². The van der Waals surface area contributed by atoms with Crippen molar-refractivity contribution >= 4 is 27.4 Å². The second-order valence-corrected chi connectivity index (χ2v) is 5.18. The second-order valence-electron chi connectivity index (χ2n) is 4.27. The Morgan fingerprint density at radius 3 is 2.62 bits per heavy atom. The minimum absolute atomic E-state index is 0.0553. The van der Waals surface area contributed by atoms with E-state index in [1.165, 1.54) is 24.3 Å². The largest absolute Gasteiger partial charge is 0.294 e. The molecule has 0 bridgehead atoms. The highest BCUT2D eigenvalue weighted by Gasteiger charge is 2.17. The van der Waals surface area contributed by atoms with Gasteiger partial charge in [0.25, 0.3) is 5.69 Å². The van der Waals surface area contributed by atoms with Gasteiger partial charge in [-0.15, -0.1) is 0 Å². The Morgan fingerprint density at radius 2 is 1.95 bits per heavy atom. The monoisotopic (exact) mass is 355 g/mol. The van der Waals surface area contributed by atoms with Crippen molar-refractivity contribution in [2.75, 3.05) is 0 Å². The first-order valence-electron chi connectivity index (χ1n) is 5.79. The number of nitro benzene ring substituents is 1. The van der Waals surface area contributed by atoms with Crippen molar-refractivity contribution in [2.24, 2.45) is 0 Å². The van der Waals surface area contributed by atoms with Crippen molar-refractivity contribution in [2.45, 2.75) is 6.42 Å². The molecule has 0 N–H and O–H groups in total. The van der Waals surface area contributed by atoms with Crippen LogP contribution in [0.4, 0.5) is 14.5 Å². The lowest BCUT2D eigenvalue weighted by atomic mass is 10.0. The summed E-state index contributed by atoms with van der Waals surface area (Å²) in [4.78, 5) is 22.2. The molecule has 0 spiro atoms. The van der Waals surface area contributed by atoms with E-state index in [1.807, 2.05) is 0 Å². The highest BCUT2D eigenvalue weighted by atomic mass is 79.9. The van der Waals surface area contributed by atoms with Crippen LogP contribution in [0.5, 0.6) is 0 Å². The molecule has 0 radical (unpaired) electrons. The molecular formula is C14H8BrF2NO3. The Hall–Kier alpha value is -2.15. The van der Waals surface area contributed by atoms with Crippen molar-refractivity contribution < 1.29 is 18.5 Å². The minimum atomic E-state index is -1.09. The van der Waals surface area contributed by atoms with Crippen LogP contribution >= 0.6 is 15.9 Å². The highest BCUT2D eigenvalue weighted by Crippen LogP contribution is 2.23. The van der Waals surface area contributed by atoms with Crippen molar-refractivity contribution in [3.8, 4) is 0 Å². The molecule has 0 aliphatic heterocycles. The lowest BCUT2D eigenvalue weighted by Crippen LogP contribution is -2.07. The standard InChI is InChI=1S/C14H8BrF2NO3/c15-10-4-9(5-11(7-10)18(20)21)13(19)6-8-2-1-3-12(16)14(8)17/h1-5,7H,6H2. The number of hydrogen-bond donors (Lipinski definition) is 0. The van der Waals surface area contributed by atoms with Gasteiger partial charge in [-0.1, -0.05) is 28.1 Å². The number of Topliss-reactive ketones (excluding diaryl/α,β-unsaturated/α-hetero) is 1. The minimum Gasteiger partial charge on any atom is -0.294 e. The maximum atomic E-state index is 13.5. The van der Waals surface area contributed by atoms with Crippen molar-refractivity contribution in [1.29, 1.82) is 0 Å². The zero-order valence-corrected chi connectivity index (χ0v) is 12.1. The van der Waals surface area contributed by atoms with Crippen LogP contribution in [0, 0.1) is 21.7 Å². The van der Waals surface area contributed by atoms with Crippen LogP contribution in [-0.4, -0.2) is 10.7 Å². The van der Waals surface area contributed by atoms with E-state index < -0.39 is 22.3 Å². The Balaban J connectivity index is 2.32. The maximum Gasteiger partial charge on any atom is 0.271 e. The van der Waals surface area contributed by atoms with Crippen LogP contribution in [0.25, 0.3) is 0 Å². The number of rotatable bonds is 4. The predicted octanol–water partition coefficient (Wildman–Crippen LogP) is 4.06. The summed E-state index contributed by atoms with van der Waals surface area (Å²) in [6.07, 6.45) is -0.378. The molecule has 0 aromatic heterocycles. The van der Waals surface area contributed by atoms with E-state index in [1.54, 1.807) is 0 Å². The molecule has 0 unspecified atom stereocenters. The normalized spacial score (nSPS) is 10.4. The number of carbonyl (C=O) groups is 1. The van der Waals surface area contributed by atoms with Gasteiger partial charge in [-0.3, -0.25) is 14.9 Å². The molecule has 0 saturated carbocycles. The summed E-state index contributed by atoms with van der Waals surface area (Å²) in [6, 6.07) is 7.29. The quantitative estimate of drug-likeness (QED) is 0.472. The molecule has 0 aliphatic rings. The summed E-state index contributed by atoms with van der Waals surface area (Å²) in [5.74, 6) is -2.67. The third-order valence-corrected chi connectivity index (χ3v) is 3.26. The fourth-order valence-corrected chi connectivity index (χ4v) is 2.28. The van der Waals surface area contributed by atoms with E-state index in [4.69, 9.17) is 0 Å². The van der Waals surface area contributed by atoms with Crippen LogP contribution in [0.3, 0.4) is 0 Å². The first-order chi connectivity index (χ1) is 9.88. The number of carbonyl (C=O) groups excluding carboxylic acids is 1. The second kappa shape index (κ2) is 6.09. The van der Waals surface area contributed by atoms with Crippen LogP contribution in [0.2, 0.25) is 0 Å². The molecule has 21 heavy (non-hydrogen) atoms. The van der Waals surface area contributed by atoms with E-state index >= 15 is 0 Å². The fraction of sp³-hybridized carbons (Fsp3) is 0.0714. The van der Waals surface area contributed by atoms with Crippen LogP contribution in [0.15, 0.2) is 40.9 Å². The van der Waals surface area contributed by atoms with Gasteiger partial charge in [0.1, 0.15) is 0 Å². The van der Waals surface area contributed by atoms with Crippen LogP contribution < -0.4 is 0 Å². The van der Waals surface area contributed by atoms with E-state index in [0.29, 0.717) is 4.47 Å². The fourth-order valence-electron chi connectivity index (χ4n) is 1.80. The molecule has 0 heterocycles. The average molecular weight is 356 g/mol. The third-order valence-electron chi connectivity index (χ3n) is 2.80. The molecular weight excluding hydrogens is 348 g/mol. The topological polar surface area (TPSA) is 60.2 Å². The summed E-state index contributed by atoms with van der Waals surface area (Å²) in [6.45, 7) is 0. The van der Waals surface area contributed by atoms with Gasteiger partial charge in [0.2, 0.25) is 0 Å². The van der Waals surface area contributed by atoms with Crippen molar-refractivity contribution in [3.05, 3.63) is 73.7 Å². The smallest absolute Gasteiger partial charge is 0.271 e. The first-order valence-corrected chi connectivity index (χ1v) is 6.59. The van der Waals surface area contributed by atoms with Crippen molar-refractivity contribution in [1.82, 2.24) is 0 Å². The Kier molecular flexibility index (Phi) is 4.42. The van der Waals surface area contributed by atoms with Gasteiger partial charge in [-0.25, -0.2) is 8.78 Å². The predicted molar refractivity (Wildman–Crippen MR) is 75.2 cm³/mol. The van der Waals surface area contributed by atoms with Crippen LogP contribution in [0.1, 0.15) is 15.9 Å². The van der Waals surface area contributed by atoms with Gasteiger partial charge in [-0.2, -0.15) is 0 Å². The highest BCUT2D eigenvalue weighted by molar-refractivity contribution is 9.10. The summed E-state index contributed by atoms with van der Waals surface area (Å²) < 4.78 is 27.0. The molecule has 2 aromatic carbocycles. The molecule has 108 valence electrons. The lowest BCUT2D eigenvalue weighted by molar-refractivity contribution is -0.385. The number of hydrogen-bond acceptors (Lipinski definition) is 3. The Labute approximate surface area is 126 Å². The molecule has 0 saturated heterocycles. The number of nitrogens with zero attached hydrogens (tertiary/aromatic N) is 1. The Morgan fingerprint density at radius 1 is 1.24 bits per heavy atom. The lowest BCUT2D eigenvalue weighted by Gasteiger charge is -2.04. The molecule has 4 nitrogen and oxygen atoms in total. The van der Waals surface area contributed by atoms with Gasteiger partial charge < -0.3 is 0 Å². The third kappa shape index (κ3) is 3.49. The summed E-state index contributed by atoms with van der Waals surface area (Å²) in [5, 5.41) is 10.7. The SMILES string of the molecule is O=C(Cc1cccc(F)c1F)c1cc(Br)cc([N+](=O)[O-])c1. The van der Waals surface area contributed by atoms with E-state index in [2.05, 4.69) is 15.9 Å². The molecule has 0 atom stereocenters. The molecule has 2 aromatic rings. The van der Waals surface area contributed by atoms with Crippen molar-refractivity contribution in [3.63, 3.8) is 0 Å². The zero-order chi connectivity index (χ0) is 15.6. The maximum absolute atomic E-state index is 13.5. The number of non-ortho nitro benzene ring substituents is 1. The van der Waals surface area contributed by atoms with E-state index in [-0.39, 0.29) is 23.2 Å². The molecule has 0 amide bonds. The first kappa shape index (κ1) is 15.2. The van der Waals surface area contributed by atoms with Gasteiger partial charge >= 0.3 is 0 Å². The number of benzene rings is 2. The molecule has 0 fully saturated rings. The number of halogens is 3. The van der Waals surface area contributed by atoms with E-state index in [0.717, 1.165) is 12.1 Å². The van der Waals surface area contributed by atoms with Gasteiger partial charge in [0.05, 0.1) is 4.92 Å². The summed E-state index contributed by atoms with van der Waals surface area (Å²) >= 11 is 3.07. The average Bonchev–Trinajstić information content (AvgIpc) is 2.43. The molecule has 0 aliphatic carbocycles. The zero-order valence-electron chi connectivity index (χ0n) is 10.5. The number of nitro groups is 1. The number of ketones is 1. The molecule has 2 rings (SSSR count). The summed E-state index contributed by atoms with van der Waals surface area (Å²) in [7, 11) is 0. The van der Waals surface area contributed by atoms with Gasteiger partial charge in [0.15, 0.2) is 17.4 Å². The summed E-state index contributed by atoms with van der Waals surface area (Å²) in [5.41, 5.74) is -0.296. The van der Waals surface area contributed by atoms with Gasteiger partial charge in [-0.05, 0) is 17.7 Å². The van der Waals surface area contributed by atoms with Crippen LogP contribution in [-0.2, 0) is 6.42 Å². The van der Waals surface area contributed by atoms with E-state index in [9.17, 15) is 23.7 Å². The Bertz CT molecular complexity index is 734. The molecule has 7 heteroatoms.